The van der Waals surface area contributed by atoms with Crippen LogP contribution < -0.4 is 5.32 Å². The Kier molecular flexibility index (Phi) is 5.97. The first kappa shape index (κ1) is 23.9. The molecule has 2 aliphatic rings. The van der Waals surface area contributed by atoms with Crippen LogP contribution in [0, 0.1) is 18.3 Å². The van der Waals surface area contributed by atoms with Crippen molar-refractivity contribution in [2.24, 2.45) is 10.9 Å². The molecule has 3 heterocycles. The molecular formula is C24H22F5N7. The van der Waals surface area contributed by atoms with Crippen molar-refractivity contribution in [1.29, 1.82) is 5.41 Å². The van der Waals surface area contributed by atoms with Gasteiger partial charge in [-0.15, -0.1) is 0 Å². The number of benzene rings is 1. The Morgan fingerprint density at radius 1 is 1.14 bits per heavy atom. The van der Waals surface area contributed by atoms with E-state index in [-0.39, 0.29) is 23.8 Å². The van der Waals surface area contributed by atoms with Gasteiger partial charge >= 0.3 is 6.18 Å². The fourth-order valence-corrected chi connectivity index (χ4v) is 4.09. The maximum Gasteiger partial charge on any atom is 0.416 e. The lowest BCUT2D eigenvalue weighted by molar-refractivity contribution is -0.137. The second-order valence-corrected chi connectivity index (χ2v) is 8.86. The molecule has 0 unspecified atom stereocenters. The van der Waals surface area contributed by atoms with Crippen molar-refractivity contribution >= 4 is 23.7 Å². The Labute approximate surface area is 202 Å². The third-order valence-electron chi connectivity index (χ3n) is 6.01. The predicted octanol–water partition coefficient (Wildman–Crippen LogP) is 5.94. The topological polar surface area (TPSA) is 83.9 Å². The van der Waals surface area contributed by atoms with Gasteiger partial charge in [0.2, 0.25) is 0 Å². The van der Waals surface area contributed by atoms with Crippen LogP contribution in [0.15, 0.2) is 41.4 Å². The van der Waals surface area contributed by atoms with Gasteiger partial charge in [-0.25, -0.2) is 23.1 Å². The van der Waals surface area contributed by atoms with E-state index in [1.807, 2.05) is 0 Å². The van der Waals surface area contributed by atoms with Gasteiger partial charge in [-0.05, 0) is 43.9 Å². The standard InChI is InChI=1S/C24H22F5N7/c1-13-10-18(22(25)26)36(33-13)20-11-19(30)32-23-17(8-9-31-20)21(34-35(23)12-14-2-3-14)15-4-6-16(7-5-15)24(27,28)29/h4-7,9-11,14,22H,2-3,8,12H2,1H3,(H2,30,32)/b20-11+,31-9-. The van der Waals surface area contributed by atoms with Gasteiger partial charge in [0.1, 0.15) is 17.3 Å². The molecule has 12 heteroatoms. The molecule has 0 spiro atoms. The summed E-state index contributed by atoms with van der Waals surface area (Å²) in [5, 5.41) is 20.3. The molecule has 0 atom stereocenters. The SMILES string of the molecule is Cc1cc(C(F)F)n(C2=C/C(=N)Nc3c(c(-c4ccc(C(F)(F)F)cc4)nn3CC3CC3)C/C=N\2)n1. The van der Waals surface area contributed by atoms with Crippen molar-refractivity contribution in [1.82, 2.24) is 19.6 Å². The minimum absolute atomic E-state index is 0.0406. The van der Waals surface area contributed by atoms with E-state index in [0.717, 1.165) is 29.7 Å². The first-order valence-corrected chi connectivity index (χ1v) is 11.3. The molecule has 2 N–H and O–H groups in total. The lowest BCUT2D eigenvalue weighted by atomic mass is 10.0. The smallest absolute Gasteiger partial charge is 0.325 e. The fraction of sp³-hybridized carbons (Fsp3) is 0.333. The number of alkyl halides is 5. The van der Waals surface area contributed by atoms with Crippen molar-refractivity contribution in [3.05, 3.63) is 58.9 Å². The first-order valence-electron chi connectivity index (χ1n) is 11.3. The highest BCUT2D eigenvalue weighted by Gasteiger charge is 2.31. The van der Waals surface area contributed by atoms with E-state index in [1.54, 1.807) is 11.6 Å². The molecule has 3 aromatic rings. The Morgan fingerprint density at radius 2 is 1.86 bits per heavy atom. The van der Waals surface area contributed by atoms with Crippen LogP contribution >= 0.6 is 0 Å². The molecule has 0 bridgehead atoms. The van der Waals surface area contributed by atoms with Gasteiger partial charge in [0.05, 0.1) is 17.0 Å². The molecule has 7 nitrogen and oxygen atoms in total. The summed E-state index contributed by atoms with van der Waals surface area (Å²) in [6.45, 7) is 2.18. The van der Waals surface area contributed by atoms with Crippen LogP contribution in [0.25, 0.3) is 17.1 Å². The van der Waals surface area contributed by atoms with Crippen LogP contribution in [0.4, 0.5) is 27.8 Å². The Morgan fingerprint density at radius 3 is 2.50 bits per heavy atom. The van der Waals surface area contributed by atoms with Crippen molar-refractivity contribution in [2.75, 3.05) is 5.32 Å². The van der Waals surface area contributed by atoms with Crippen LogP contribution in [0.2, 0.25) is 0 Å². The van der Waals surface area contributed by atoms with Crippen LogP contribution in [0.5, 0.6) is 0 Å². The average molecular weight is 503 g/mol. The molecule has 0 amide bonds. The lowest BCUT2D eigenvalue weighted by Gasteiger charge is -2.11. The Balaban J connectivity index is 1.56. The number of amidine groups is 1. The third-order valence-corrected chi connectivity index (χ3v) is 6.01. The number of nitrogens with zero attached hydrogens (tertiary/aromatic N) is 5. The van der Waals surface area contributed by atoms with E-state index in [4.69, 9.17) is 5.41 Å². The summed E-state index contributed by atoms with van der Waals surface area (Å²) in [6.07, 6.45) is -2.14. The molecule has 36 heavy (non-hydrogen) atoms. The van der Waals surface area contributed by atoms with Crippen molar-refractivity contribution < 1.29 is 22.0 Å². The monoisotopic (exact) mass is 503 g/mol. The molecule has 188 valence electrons. The summed E-state index contributed by atoms with van der Waals surface area (Å²) in [6, 6.07) is 6.01. The number of nitrogens with one attached hydrogen (secondary N) is 2. The minimum Gasteiger partial charge on any atom is -0.325 e. The number of halogens is 5. The van der Waals surface area contributed by atoms with Gasteiger partial charge in [0.15, 0.2) is 5.82 Å². The van der Waals surface area contributed by atoms with Gasteiger partial charge in [-0.2, -0.15) is 23.4 Å². The maximum absolute atomic E-state index is 13.6. The van der Waals surface area contributed by atoms with Gasteiger partial charge in [-0.1, -0.05) is 12.1 Å². The van der Waals surface area contributed by atoms with E-state index < -0.39 is 18.2 Å². The number of aliphatic imine (C=N–C) groups is 1. The molecule has 1 aliphatic carbocycles. The summed E-state index contributed by atoms with van der Waals surface area (Å²) in [5.74, 6) is 0.878. The predicted molar refractivity (Wildman–Crippen MR) is 125 cm³/mol. The molecule has 1 saturated carbocycles. The number of aryl methyl sites for hydroxylation is 1. The Hall–Kier alpha value is -3.83. The van der Waals surface area contributed by atoms with Crippen LogP contribution in [0.1, 0.15) is 41.8 Å². The van der Waals surface area contributed by atoms with Crippen LogP contribution in [-0.2, 0) is 19.1 Å². The maximum atomic E-state index is 13.6. The molecule has 0 radical (unpaired) electrons. The molecular weight excluding hydrogens is 481 g/mol. The molecule has 1 aliphatic heterocycles. The third kappa shape index (κ3) is 4.79. The number of hydrogen-bond donors (Lipinski definition) is 2. The first-order chi connectivity index (χ1) is 17.1. The van der Waals surface area contributed by atoms with E-state index in [0.29, 0.717) is 40.8 Å². The lowest BCUT2D eigenvalue weighted by Crippen LogP contribution is -2.15. The van der Waals surface area contributed by atoms with Crippen molar-refractivity contribution in [3.63, 3.8) is 0 Å². The zero-order chi connectivity index (χ0) is 25.6. The Bertz CT molecular complexity index is 1360. The highest BCUT2D eigenvalue weighted by Crippen LogP contribution is 2.37. The summed E-state index contributed by atoms with van der Waals surface area (Å²) in [5.41, 5.74) is 0.884. The van der Waals surface area contributed by atoms with Crippen molar-refractivity contribution in [3.8, 4) is 11.3 Å². The van der Waals surface area contributed by atoms with Crippen LogP contribution in [0.3, 0.4) is 0 Å². The van der Waals surface area contributed by atoms with E-state index in [9.17, 15) is 22.0 Å². The normalized spacial score (nSPS) is 18.6. The number of aromatic nitrogens is 4. The van der Waals surface area contributed by atoms with Crippen LogP contribution in [-0.4, -0.2) is 31.6 Å². The largest absolute Gasteiger partial charge is 0.416 e. The van der Waals surface area contributed by atoms with Gasteiger partial charge < -0.3 is 5.32 Å². The van der Waals surface area contributed by atoms with E-state index >= 15 is 0 Å². The molecule has 1 fully saturated rings. The summed E-state index contributed by atoms with van der Waals surface area (Å²) in [4.78, 5) is 4.32. The zero-order valence-electron chi connectivity index (χ0n) is 19.2. The summed E-state index contributed by atoms with van der Waals surface area (Å²) < 4.78 is 69.0. The number of hydrogen-bond acceptors (Lipinski definition) is 4. The highest BCUT2D eigenvalue weighted by atomic mass is 19.4. The quantitative estimate of drug-likeness (QED) is 0.423. The number of rotatable bonds is 5. The van der Waals surface area contributed by atoms with Gasteiger partial charge in [0, 0.05) is 36.4 Å². The average Bonchev–Trinajstić information content (AvgIpc) is 3.43. The van der Waals surface area contributed by atoms with E-state index in [2.05, 4.69) is 20.5 Å². The van der Waals surface area contributed by atoms with E-state index in [1.165, 1.54) is 30.5 Å². The number of fused-ring (bicyclic) bond motifs is 1. The zero-order valence-corrected chi connectivity index (χ0v) is 19.2. The second kappa shape index (κ2) is 8.99. The summed E-state index contributed by atoms with van der Waals surface area (Å²) in [7, 11) is 0. The minimum atomic E-state index is -4.45. The fourth-order valence-electron chi connectivity index (χ4n) is 4.09. The van der Waals surface area contributed by atoms with Gasteiger partial charge in [0.25, 0.3) is 6.43 Å². The molecule has 2 aromatic heterocycles. The molecule has 1 aromatic carbocycles. The van der Waals surface area contributed by atoms with Crippen molar-refractivity contribution in [2.45, 2.75) is 45.3 Å². The summed E-state index contributed by atoms with van der Waals surface area (Å²) >= 11 is 0. The number of anilines is 1. The molecule has 5 rings (SSSR count). The highest BCUT2D eigenvalue weighted by molar-refractivity contribution is 6.05. The van der Waals surface area contributed by atoms with Gasteiger partial charge in [-0.3, -0.25) is 5.41 Å². The molecule has 0 saturated heterocycles. The second-order valence-electron chi connectivity index (χ2n) is 8.86.